The Kier molecular flexibility index (Phi) is 6.75. The van der Waals surface area contributed by atoms with E-state index in [2.05, 4.69) is 27.7 Å². The molecule has 0 radical (unpaired) electrons. The molecule has 0 bridgehead atoms. The summed E-state index contributed by atoms with van der Waals surface area (Å²) in [5.74, 6) is 0.282. The Labute approximate surface area is 188 Å². The topological polar surface area (TPSA) is 79.9 Å². The number of nitrogens with zero attached hydrogens (tertiary/aromatic N) is 1. The van der Waals surface area contributed by atoms with Gasteiger partial charge in [0, 0.05) is 18.3 Å². The normalized spacial score (nSPS) is 21.1. The molecule has 0 aliphatic carbocycles. The van der Waals surface area contributed by atoms with Gasteiger partial charge in [0.1, 0.15) is 5.75 Å². The number of hydrogen-bond donors (Lipinski definition) is 2. The summed E-state index contributed by atoms with van der Waals surface area (Å²) in [5, 5.41) is 5.78. The van der Waals surface area contributed by atoms with Crippen LogP contribution in [0.5, 0.6) is 5.75 Å². The minimum Gasteiger partial charge on any atom is -0.497 e. The number of carbonyl (C=O) groups excluding carboxylic acids is 2. The summed E-state index contributed by atoms with van der Waals surface area (Å²) in [6.07, 6.45) is 2.11. The third-order valence-corrected chi connectivity index (χ3v) is 6.01. The van der Waals surface area contributed by atoms with Crippen LogP contribution < -0.4 is 15.4 Å². The number of ether oxygens (including phenoxy) is 2. The number of urea groups is 1. The van der Waals surface area contributed by atoms with Crippen LogP contribution >= 0.6 is 0 Å². The number of carbonyl (C=O) groups is 2. The molecule has 0 aromatic heterocycles. The molecule has 2 amide bonds. The molecule has 2 aliphatic heterocycles. The zero-order chi connectivity index (χ0) is 22.5. The second kappa shape index (κ2) is 9.87. The van der Waals surface area contributed by atoms with E-state index in [4.69, 9.17) is 9.47 Å². The van der Waals surface area contributed by atoms with Gasteiger partial charge in [0.25, 0.3) is 0 Å². The van der Waals surface area contributed by atoms with Gasteiger partial charge in [0.2, 0.25) is 0 Å². The predicted molar refractivity (Wildman–Crippen MR) is 121 cm³/mol. The Hall–Kier alpha value is -3.32. The number of nitrogens with one attached hydrogen (secondary N) is 2. The van der Waals surface area contributed by atoms with E-state index in [1.165, 1.54) is 5.56 Å². The Morgan fingerprint density at radius 3 is 2.53 bits per heavy atom. The molecular formula is C25H29N3O4. The minimum atomic E-state index is -0.596. The number of likely N-dealkylation sites (tertiary alicyclic amines) is 1. The third kappa shape index (κ3) is 4.62. The first kappa shape index (κ1) is 21.9. The van der Waals surface area contributed by atoms with Crippen LogP contribution in [0.4, 0.5) is 4.79 Å². The summed E-state index contributed by atoms with van der Waals surface area (Å²) in [5.41, 5.74) is 3.07. The van der Waals surface area contributed by atoms with Crippen molar-refractivity contribution in [3.8, 4) is 5.75 Å². The lowest BCUT2D eigenvalue weighted by atomic mass is 9.94. The van der Waals surface area contributed by atoms with E-state index >= 15 is 0 Å². The van der Waals surface area contributed by atoms with Crippen LogP contribution in [0, 0.1) is 0 Å². The van der Waals surface area contributed by atoms with Gasteiger partial charge in [-0.2, -0.15) is 0 Å². The zero-order valence-corrected chi connectivity index (χ0v) is 18.5. The summed E-state index contributed by atoms with van der Waals surface area (Å²) in [6.45, 7) is 3.40. The van der Waals surface area contributed by atoms with Crippen molar-refractivity contribution < 1.29 is 19.1 Å². The standard InChI is InChI=1S/C25H29N3O4/c1-3-32-24(29)22-20(16-28-15-7-10-21(28)17-8-5-4-6-9-17)26-25(30)27-23(22)18-11-13-19(31-2)14-12-18/h4-6,8-9,11-14,21,23H,3,7,10,15-16H2,1-2H3,(H2,26,27,30)/t21-,23-/m1/s1. The van der Waals surface area contributed by atoms with Crippen LogP contribution in [-0.4, -0.2) is 43.7 Å². The first-order valence-corrected chi connectivity index (χ1v) is 11.0. The molecule has 0 saturated carbocycles. The molecule has 0 spiro atoms. The fraction of sp³-hybridized carbons (Fsp3) is 0.360. The average Bonchev–Trinajstić information content (AvgIpc) is 3.27. The molecule has 2 aromatic carbocycles. The molecule has 2 aliphatic rings. The minimum absolute atomic E-state index is 0.248. The van der Waals surface area contributed by atoms with Crippen LogP contribution in [0.1, 0.15) is 43.0 Å². The summed E-state index contributed by atoms with van der Waals surface area (Å²) in [6, 6.07) is 17.0. The SMILES string of the molecule is CCOC(=O)C1=C(CN2CCC[C@@H]2c2ccccc2)NC(=O)N[C@@H]1c1ccc(OC)cc1. The first-order valence-electron chi connectivity index (χ1n) is 11.0. The molecule has 7 heteroatoms. The van der Waals surface area contributed by atoms with E-state index in [9.17, 15) is 9.59 Å². The van der Waals surface area contributed by atoms with Crippen molar-refractivity contribution >= 4 is 12.0 Å². The Morgan fingerprint density at radius 1 is 1.09 bits per heavy atom. The van der Waals surface area contributed by atoms with Crippen LogP contribution in [0.15, 0.2) is 65.9 Å². The van der Waals surface area contributed by atoms with E-state index in [1.54, 1.807) is 14.0 Å². The van der Waals surface area contributed by atoms with E-state index in [0.717, 1.165) is 24.9 Å². The van der Waals surface area contributed by atoms with Crippen molar-refractivity contribution in [2.24, 2.45) is 0 Å². The molecule has 2 N–H and O–H groups in total. The maximum Gasteiger partial charge on any atom is 0.338 e. The van der Waals surface area contributed by atoms with Crippen LogP contribution in [0.3, 0.4) is 0 Å². The number of benzene rings is 2. The van der Waals surface area contributed by atoms with Crippen LogP contribution in [-0.2, 0) is 9.53 Å². The summed E-state index contributed by atoms with van der Waals surface area (Å²) < 4.78 is 10.6. The van der Waals surface area contributed by atoms with E-state index < -0.39 is 12.0 Å². The summed E-state index contributed by atoms with van der Waals surface area (Å²) in [7, 11) is 1.60. The van der Waals surface area contributed by atoms with Gasteiger partial charge in [-0.3, -0.25) is 4.90 Å². The fourth-order valence-electron chi connectivity index (χ4n) is 4.51. The van der Waals surface area contributed by atoms with E-state index in [1.807, 2.05) is 42.5 Å². The lowest BCUT2D eigenvalue weighted by Crippen LogP contribution is -2.48. The molecule has 0 unspecified atom stereocenters. The van der Waals surface area contributed by atoms with Crippen molar-refractivity contribution in [1.29, 1.82) is 0 Å². The van der Waals surface area contributed by atoms with E-state index in [0.29, 0.717) is 23.6 Å². The Balaban J connectivity index is 1.69. The number of amides is 2. The van der Waals surface area contributed by atoms with Crippen molar-refractivity contribution in [3.05, 3.63) is 77.0 Å². The quantitative estimate of drug-likeness (QED) is 0.649. The molecular weight excluding hydrogens is 406 g/mol. The largest absolute Gasteiger partial charge is 0.497 e. The molecule has 1 saturated heterocycles. The molecule has 7 nitrogen and oxygen atoms in total. The maximum absolute atomic E-state index is 13.0. The van der Waals surface area contributed by atoms with Gasteiger partial charge in [-0.25, -0.2) is 9.59 Å². The average molecular weight is 436 g/mol. The molecule has 4 rings (SSSR count). The van der Waals surface area contributed by atoms with Crippen molar-refractivity contribution in [3.63, 3.8) is 0 Å². The van der Waals surface area contributed by atoms with E-state index in [-0.39, 0.29) is 18.7 Å². The fourth-order valence-corrected chi connectivity index (χ4v) is 4.51. The van der Waals surface area contributed by atoms with Gasteiger partial charge in [0.15, 0.2) is 0 Å². The summed E-state index contributed by atoms with van der Waals surface area (Å²) >= 11 is 0. The van der Waals surface area contributed by atoms with Crippen molar-refractivity contribution in [2.75, 3.05) is 26.8 Å². The van der Waals surface area contributed by atoms with Gasteiger partial charge < -0.3 is 20.1 Å². The Morgan fingerprint density at radius 2 is 1.84 bits per heavy atom. The number of esters is 1. The molecule has 2 heterocycles. The predicted octanol–water partition coefficient (Wildman–Crippen LogP) is 3.70. The van der Waals surface area contributed by atoms with Crippen LogP contribution in [0.25, 0.3) is 0 Å². The second-order valence-corrected chi connectivity index (χ2v) is 7.96. The molecule has 32 heavy (non-hydrogen) atoms. The monoisotopic (exact) mass is 435 g/mol. The third-order valence-electron chi connectivity index (χ3n) is 6.01. The molecule has 2 atom stereocenters. The molecule has 2 aromatic rings. The van der Waals surface area contributed by atoms with Gasteiger partial charge in [-0.05, 0) is 49.6 Å². The van der Waals surface area contributed by atoms with Gasteiger partial charge >= 0.3 is 12.0 Å². The van der Waals surface area contributed by atoms with Gasteiger partial charge in [-0.15, -0.1) is 0 Å². The number of methoxy groups -OCH3 is 1. The maximum atomic E-state index is 13.0. The highest BCUT2D eigenvalue weighted by molar-refractivity contribution is 5.95. The van der Waals surface area contributed by atoms with Crippen LogP contribution in [0.2, 0.25) is 0 Å². The highest BCUT2D eigenvalue weighted by Gasteiger charge is 2.36. The molecule has 1 fully saturated rings. The van der Waals surface area contributed by atoms with Gasteiger partial charge in [0.05, 0.1) is 25.3 Å². The van der Waals surface area contributed by atoms with Crippen molar-refractivity contribution in [1.82, 2.24) is 15.5 Å². The lowest BCUT2D eigenvalue weighted by molar-refractivity contribution is -0.139. The van der Waals surface area contributed by atoms with Crippen molar-refractivity contribution in [2.45, 2.75) is 31.8 Å². The number of rotatable bonds is 7. The number of hydrogen-bond acceptors (Lipinski definition) is 5. The molecule has 168 valence electrons. The first-order chi connectivity index (χ1) is 15.6. The van der Waals surface area contributed by atoms with Gasteiger partial charge in [-0.1, -0.05) is 42.5 Å². The highest BCUT2D eigenvalue weighted by Crippen LogP contribution is 2.34. The lowest BCUT2D eigenvalue weighted by Gasteiger charge is -2.33. The smallest absolute Gasteiger partial charge is 0.338 e. The summed E-state index contributed by atoms with van der Waals surface area (Å²) in [4.78, 5) is 27.9. The zero-order valence-electron chi connectivity index (χ0n) is 18.5. The highest BCUT2D eigenvalue weighted by atomic mass is 16.5. The second-order valence-electron chi connectivity index (χ2n) is 7.96. The Bertz CT molecular complexity index is 988.